The van der Waals surface area contributed by atoms with Crippen molar-refractivity contribution in [3.05, 3.63) is 22.2 Å². The van der Waals surface area contributed by atoms with Gasteiger partial charge in [0.1, 0.15) is 11.9 Å². The van der Waals surface area contributed by atoms with Crippen LogP contribution in [-0.4, -0.2) is 34.8 Å². The zero-order valence-corrected chi connectivity index (χ0v) is 12.5. The van der Waals surface area contributed by atoms with E-state index in [-0.39, 0.29) is 29.9 Å². The van der Waals surface area contributed by atoms with Gasteiger partial charge in [-0.05, 0) is 20.8 Å². The Morgan fingerprint density at radius 1 is 1.43 bits per heavy atom. The molecule has 2 heterocycles. The standard InChI is InChI=1S/C14H21N3O4/c1-4-15-13-7-11(17(18)19)8-14(16-13)21-12-5-9(2)20-10(3)6-12/h7-10,12H,4-6H2,1-3H3,(H,15,16). The normalized spacial score (nSPS) is 25.4. The summed E-state index contributed by atoms with van der Waals surface area (Å²) in [6.07, 6.45) is 1.71. The van der Waals surface area contributed by atoms with Crippen molar-refractivity contribution in [3.8, 4) is 5.88 Å². The first-order chi connectivity index (χ1) is 9.97. The summed E-state index contributed by atoms with van der Waals surface area (Å²) < 4.78 is 11.5. The van der Waals surface area contributed by atoms with Gasteiger partial charge in [0.05, 0.1) is 29.3 Å². The highest BCUT2D eigenvalue weighted by Gasteiger charge is 2.26. The number of pyridine rings is 1. The van der Waals surface area contributed by atoms with Gasteiger partial charge in [0.2, 0.25) is 5.88 Å². The minimum atomic E-state index is -0.440. The van der Waals surface area contributed by atoms with Crippen LogP contribution >= 0.6 is 0 Å². The van der Waals surface area contributed by atoms with Crippen molar-refractivity contribution >= 4 is 11.5 Å². The van der Waals surface area contributed by atoms with Gasteiger partial charge in [-0.3, -0.25) is 10.1 Å². The molecule has 1 aromatic heterocycles. The van der Waals surface area contributed by atoms with Crippen LogP contribution in [0.25, 0.3) is 0 Å². The van der Waals surface area contributed by atoms with Gasteiger partial charge in [-0.25, -0.2) is 0 Å². The Labute approximate surface area is 123 Å². The molecule has 2 unspecified atom stereocenters. The molecule has 1 N–H and O–H groups in total. The molecule has 0 spiro atoms. The van der Waals surface area contributed by atoms with Gasteiger partial charge in [-0.1, -0.05) is 0 Å². The Morgan fingerprint density at radius 2 is 2.10 bits per heavy atom. The second-order valence-corrected chi connectivity index (χ2v) is 5.30. The van der Waals surface area contributed by atoms with Crippen molar-refractivity contribution < 1.29 is 14.4 Å². The molecule has 0 bridgehead atoms. The number of anilines is 1. The van der Waals surface area contributed by atoms with Crippen LogP contribution < -0.4 is 10.1 Å². The molecule has 7 heteroatoms. The number of ether oxygens (including phenoxy) is 2. The largest absolute Gasteiger partial charge is 0.474 e. The third-order valence-corrected chi connectivity index (χ3v) is 3.30. The van der Waals surface area contributed by atoms with E-state index in [0.29, 0.717) is 12.4 Å². The van der Waals surface area contributed by atoms with E-state index in [9.17, 15) is 10.1 Å². The van der Waals surface area contributed by atoms with Crippen molar-refractivity contribution in [2.45, 2.75) is 51.9 Å². The molecule has 2 atom stereocenters. The van der Waals surface area contributed by atoms with Crippen LogP contribution in [0.1, 0.15) is 33.6 Å². The molecule has 0 aromatic carbocycles. The molecular formula is C14H21N3O4. The molecule has 1 aromatic rings. The molecule has 0 saturated carbocycles. The highest BCUT2D eigenvalue weighted by Crippen LogP contribution is 2.27. The summed E-state index contributed by atoms with van der Waals surface area (Å²) in [6, 6.07) is 2.78. The topological polar surface area (TPSA) is 86.5 Å². The number of nitrogens with zero attached hydrogens (tertiary/aromatic N) is 2. The molecule has 0 amide bonds. The van der Waals surface area contributed by atoms with E-state index in [2.05, 4.69) is 10.3 Å². The molecular weight excluding hydrogens is 274 g/mol. The molecule has 1 fully saturated rings. The van der Waals surface area contributed by atoms with Crippen molar-refractivity contribution in [1.29, 1.82) is 0 Å². The van der Waals surface area contributed by atoms with Gasteiger partial charge in [-0.15, -0.1) is 0 Å². The summed E-state index contributed by atoms with van der Waals surface area (Å²) >= 11 is 0. The van der Waals surface area contributed by atoms with Crippen LogP contribution in [0.3, 0.4) is 0 Å². The molecule has 1 aliphatic rings. The zero-order chi connectivity index (χ0) is 15.4. The van der Waals surface area contributed by atoms with E-state index in [1.165, 1.54) is 12.1 Å². The summed E-state index contributed by atoms with van der Waals surface area (Å²) in [5, 5.41) is 14.0. The predicted octanol–water partition coefficient (Wildman–Crippen LogP) is 2.76. The number of hydrogen-bond donors (Lipinski definition) is 1. The number of hydrogen-bond acceptors (Lipinski definition) is 6. The summed E-state index contributed by atoms with van der Waals surface area (Å²) in [7, 11) is 0. The van der Waals surface area contributed by atoms with Crippen LogP contribution in [-0.2, 0) is 4.74 Å². The number of nitrogens with one attached hydrogen (secondary N) is 1. The Kier molecular flexibility index (Phi) is 4.95. The average Bonchev–Trinajstić information content (AvgIpc) is 2.37. The maximum Gasteiger partial charge on any atom is 0.278 e. The van der Waals surface area contributed by atoms with Crippen LogP contribution in [0.15, 0.2) is 12.1 Å². The Bertz CT molecular complexity index is 499. The van der Waals surface area contributed by atoms with Gasteiger partial charge in [0.15, 0.2) is 0 Å². The molecule has 1 saturated heterocycles. The second kappa shape index (κ2) is 6.71. The van der Waals surface area contributed by atoms with Crippen molar-refractivity contribution in [1.82, 2.24) is 4.98 Å². The lowest BCUT2D eigenvalue weighted by atomic mass is 10.0. The highest BCUT2D eigenvalue weighted by atomic mass is 16.6. The van der Waals surface area contributed by atoms with Crippen molar-refractivity contribution in [2.24, 2.45) is 0 Å². The van der Waals surface area contributed by atoms with Gasteiger partial charge >= 0.3 is 0 Å². The van der Waals surface area contributed by atoms with Gasteiger partial charge in [0.25, 0.3) is 5.69 Å². The molecule has 2 rings (SSSR count). The maximum atomic E-state index is 11.0. The fraction of sp³-hybridized carbons (Fsp3) is 0.643. The second-order valence-electron chi connectivity index (χ2n) is 5.30. The third kappa shape index (κ3) is 4.29. The van der Waals surface area contributed by atoms with Crippen LogP contribution in [0.4, 0.5) is 11.5 Å². The summed E-state index contributed by atoms with van der Waals surface area (Å²) in [5.74, 6) is 0.737. The molecule has 7 nitrogen and oxygen atoms in total. The fourth-order valence-corrected chi connectivity index (χ4v) is 2.54. The summed E-state index contributed by atoms with van der Waals surface area (Å²) in [5.41, 5.74) is -0.0240. The van der Waals surface area contributed by atoms with E-state index in [4.69, 9.17) is 9.47 Å². The van der Waals surface area contributed by atoms with Crippen LogP contribution in [0.2, 0.25) is 0 Å². The molecule has 0 radical (unpaired) electrons. The number of aromatic nitrogens is 1. The lowest BCUT2D eigenvalue weighted by Crippen LogP contribution is -2.35. The van der Waals surface area contributed by atoms with Crippen molar-refractivity contribution in [3.63, 3.8) is 0 Å². The summed E-state index contributed by atoms with van der Waals surface area (Å²) in [6.45, 7) is 6.54. The maximum absolute atomic E-state index is 11.0. The lowest BCUT2D eigenvalue weighted by Gasteiger charge is -2.31. The SMILES string of the molecule is CCNc1cc([N+](=O)[O-])cc(OC2CC(C)OC(C)C2)n1. The Morgan fingerprint density at radius 3 is 2.67 bits per heavy atom. The van der Waals surface area contributed by atoms with E-state index < -0.39 is 4.92 Å². The predicted molar refractivity (Wildman–Crippen MR) is 78.7 cm³/mol. The molecule has 116 valence electrons. The summed E-state index contributed by atoms with van der Waals surface area (Å²) in [4.78, 5) is 14.8. The fourth-order valence-electron chi connectivity index (χ4n) is 2.54. The smallest absolute Gasteiger partial charge is 0.278 e. The highest BCUT2D eigenvalue weighted by molar-refractivity contribution is 5.48. The molecule has 21 heavy (non-hydrogen) atoms. The number of rotatable bonds is 5. The first-order valence-corrected chi connectivity index (χ1v) is 7.20. The Balaban J connectivity index is 2.16. The number of nitro groups is 1. The average molecular weight is 295 g/mol. The van der Waals surface area contributed by atoms with E-state index >= 15 is 0 Å². The Hall–Kier alpha value is -1.89. The third-order valence-electron chi connectivity index (χ3n) is 3.30. The van der Waals surface area contributed by atoms with Gasteiger partial charge in [0, 0.05) is 19.4 Å². The molecule has 0 aliphatic carbocycles. The first kappa shape index (κ1) is 15.5. The van der Waals surface area contributed by atoms with E-state index in [1.807, 2.05) is 20.8 Å². The van der Waals surface area contributed by atoms with Crippen LogP contribution in [0, 0.1) is 10.1 Å². The van der Waals surface area contributed by atoms with Gasteiger partial charge in [-0.2, -0.15) is 4.98 Å². The lowest BCUT2D eigenvalue weighted by molar-refractivity contribution is -0.384. The van der Waals surface area contributed by atoms with Crippen molar-refractivity contribution in [2.75, 3.05) is 11.9 Å². The van der Waals surface area contributed by atoms with E-state index in [1.54, 1.807) is 0 Å². The minimum Gasteiger partial charge on any atom is -0.474 e. The van der Waals surface area contributed by atoms with Crippen LogP contribution in [0.5, 0.6) is 5.88 Å². The molecule has 1 aliphatic heterocycles. The minimum absolute atomic E-state index is 0.0240. The van der Waals surface area contributed by atoms with E-state index in [0.717, 1.165) is 12.8 Å². The monoisotopic (exact) mass is 295 g/mol. The zero-order valence-electron chi connectivity index (χ0n) is 12.5. The first-order valence-electron chi connectivity index (χ1n) is 7.20. The quantitative estimate of drug-likeness (QED) is 0.664. The van der Waals surface area contributed by atoms with Gasteiger partial charge < -0.3 is 14.8 Å².